The molecule has 1 aromatic heterocycles. The zero-order valence-corrected chi connectivity index (χ0v) is 20.6. The first kappa shape index (κ1) is 28.5. The van der Waals surface area contributed by atoms with Gasteiger partial charge in [0.25, 0.3) is 17.0 Å². The second-order valence-electron chi connectivity index (χ2n) is 8.58. The van der Waals surface area contributed by atoms with E-state index >= 15 is 0 Å². The zero-order valence-electron chi connectivity index (χ0n) is 19.8. The van der Waals surface area contributed by atoms with Crippen LogP contribution in [0.1, 0.15) is 75.8 Å². The van der Waals surface area contributed by atoms with Crippen molar-refractivity contribution >= 4 is 29.4 Å². The summed E-state index contributed by atoms with van der Waals surface area (Å²) in [6.45, 7) is 4.24. The Morgan fingerprint density at radius 1 is 1.17 bits per heavy atom. The standard InChI is InChI=1S/C24H32N4O5S.CH4.H2/c1-15(2)34-24-28-27-23(33-24)20(29)19(13-14-32-3)26-22(31)17-11-7-8-12-18(17)25-21(30)16-9-5-4-6-10-16;;/h4-6,9-10,15,17-19H,7-8,11-14H2,1-3H3,(H,25,30)(H,26,31);1H4;1H/t17-,18+,19+;;/m1../s1. The average Bonchev–Trinajstić information content (AvgIpc) is 3.29. The third kappa shape index (κ3) is 8.17. The number of nitrogens with one attached hydrogen (secondary N) is 2. The van der Waals surface area contributed by atoms with E-state index in [2.05, 4.69) is 20.8 Å². The maximum atomic E-state index is 13.3. The smallest absolute Gasteiger partial charge is 0.286 e. The lowest BCUT2D eigenvalue weighted by Crippen LogP contribution is -2.52. The summed E-state index contributed by atoms with van der Waals surface area (Å²) in [5.74, 6) is -1.51. The van der Waals surface area contributed by atoms with Crippen LogP contribution in [0, 0.1) is 5.92 Å². The number of ether oxygens (including phenoxy) is 1. The number of benzene rings is 1. The van der Waals surface area contributed by atoms with Gasteiger partial charge < -0.3 is 19.8 Å². The third-order valence-corrected chi connectivity index (χ3v) is 6.49. The molecule has 3 atom stereocenters. The first-order chi connectivity index (χ1) is 16.4. The Bertz CT molecular complexity index is 972. The molecule has 0 unspecified atom stereocenters. The Balaban J connectivity index is 0.00000324. The fourth-order valence-electron chi connectivity index (χ4n) is 3.95. The van der Waals surface area contributed by atoms with Gasteiger partial charge in [0.05, 0.1) is 12.0 Å². The molecule has 10 heteroatoms. The molecular formula is C25H38N4O5S. The van der Waals surface area contributed by atoms with Crippen molar-refractivity contribution in [2.24, 2.45) is 5.92 Å². The molecule has 1 aliphatic rings. The van der Waals surface area contributed by atoms with E-state index in [1.165, 1.54) is 18.9 Å². The van der Waals surface area contributed by atoms with Gasteiger partial charge in [0, 0.05) is 32.0 Å². The van der Waals surface area contributed by atoms with Crippen molar-refractivity contribution in [1.29, 1.82) is 0 Å². The van der Waals surface area contributed by atoms with Crippen LogP contribution < -0.4 is 10.6 Å². The van der Waals surface area contributed by atoms with Gasteiger partial charge in [-0.05, 0) is 31.4 Å². The van der Waals surface area contributed by atoms with Crippen LogP contribution in [0.3, 0.4) is 0 Å². The van der Waals surface area contributed by atoms with E-state index in [1.807, 2.05) is 19.9 Å². The summed E-state index contributed by atoms with van der Waals surface area (Å²) in [5, 5.41) is 14.2. The van der Waals surface area contributed by atoms with Crippen LogP contribution in [0.5, 0.6) is 0 Å². The number of ketones is 1. The molecule has 0 saturated heterocycles. The molecule has 2 amide bonds. The molecule has 0 spiro atoms. The number of aromatic nitrogens is 2. The minimum absolute atomic E-state index is 0. The molecule has 2 N–H and O–H groups in total. The summed E-state index contributed by atoms with van der Waals surface area (Å²) in [5.41, 5.74) is 0.548. The third-order valence-electron chi connectivity index (χ3n) is 5.65. The second-order valence-corrected chi connectivity index (χ2v) is 10.1. The summed E-state index contributed by atoms with van der Waals surface area (Å²) in [7, 11) is 1.53. The van der Waals surface area contributed by atoms with Crippen LogP contribution >= 0.6 is 11.8 Å². The molecule has 9 nitrogen and oxygen atoms in total. The molecule has 0 bridgehead atoms. The molecule has 2 aromatic rings. The summed E-state index contributed by atoms with van der Waals surface area (Å²) in [6, 6.07) is 7.75. The van der Waals surface area contributed by atoms with E-state index < -0.39 is 17.7 Å². The van der Waals surface area contributed by atoms with E-state index in [1.54, 1.807) is 24.3 Å². The van der Waals surface area contributed by atoms with Crippen molar-refractivity contribution in [2.75, 3.05) is 13.7 Å². The molecule has 1 saturated carbocycles. The SMILES string of the molecule is C.COCC[C@H](NC(=O)[C@@H]1CCCC[C@@H]1NC(=O)c1ccccc1)C(=O)c1nnc(SC(C)C)o1.[HH]. The molecule has 3 rings (SSSR count). The summed E-state index contributed by atoms with van der Waals surface area (Å²) >= 11 is 1.36. The molecule has 1 heterocycles. The Morgan fingerprint density at radius 2 is 1.89 bits per heavy atom. The molecule has 194 valence electrons. The van der Waals surface area contributed by atoms with Crippen LogP contribution in [-0.2, 0) is 9.53 Å². The lowest BCUT2D eigenvalue weighted by atomic mass is 9.83. The van der Waals surface area contributed by atoms with E-state index in [-0.39, 0.29) is 50.9 Å². The van der Waals surface area contributed by atoms with E-state index in [9.17, 15) is 14.4 Å². The maximum absolute atomic E-state index is 13.3. The van der Waals surface area contributed by atoms with Gasteiger partial charge in [0.1, 0.15) is 0 Å². The van der Waals surface area contributed by atoms with Crippen molar-refractivity contribution in [1.82, 2.24) is 20.8 Å². The van der Waals surface area contributed by atoms with Gasteiger partial charge >= 0.3 is 0 Å². The number of thioether (sulfide) groups is 1. The topological polar surface area (TPSA) is 123 Å². The Morgan fingerprint density at radius 3 is 2.57 bits per heavy atom. The Hall–Kier alpha value is -2.72. The summed E-state index contributed by atoms with van der Waals surface area (Å²) in [6.07, 6.45) is 3.41. The van der Waals surface area contributed by atoms with Crippen LogP contribution in [0.4, 0.5) is 0 Å². The predicted octanol–water partition coefficient (Wildman–Crippen LogP) is 4.15. The van der Waals surface area contributed by atoms with Crippen molar-refractivity contribution in [2.45, 2.75) is 75.9 Å². The summed E-state index contributed by atoms with van der Waals surface area (Å²) in [4.78, 5) is 39.0. The van der Waals surface area contributed by atoms with Crippen LogP contribution in [0.15, 0.2) is 40.0 Å². The molecular weight excluding hydrogens is 468 g/mol. The fourth-order valence-corrected chi connectivity index (χ4v) is 4.57. The van der Waals surface area contributed by atoms with E-state index in [0.29, 0.717) is 23.6 Å². The van der Waals surface area contributed by atoms with Gasteiger partial charge in [-0.25, -0.2) is 0 Å². The number of rotatable bonds is 11. The Labute approximate surface area is 212 Å². The largest absolute Gasteiger partial charge is 0.408 e. The average molecular weight is 507 g/mol. The number of carbonyl (C=O) groups is 3. The van der Waals surface area contributed by atoms with Gasteiger partial charge in [-0.15, -0.1) is 10.2 Å². The molecule has 0 radical (unpaired) electrons. The van der Waals surface area contributed by atoms with Gasteiger partial charge in [-0.3, -0.25) is 14.4 Å². The van der Waals surface area contributed by atoms with Crippen molar-refractivity contribution in [3.05, 3.63) is 41.8 Å². The quantitative estimate of drug-likeness (QED) is 0.344. The van der Waals surface area contributed by atoms with Crippen molar-refractivity contribution < 1.29 is 25.0 Å². The van der Waals surface area contributed by atoms with Gasteiger partial charge in [0.15, 0.2) is 0 Å². The van der Waals surface area contributed by atoms with E-state index in [4.69, 9.17) is 9.15 Å². The molecule has 1 fully saturated rings. The first-order valence-electron chi connectivity index (χ1n) is 11.6. The molecule has 0 aliphatic heterocycles. The summed E-state index contributed by atoms with van der Waals surface area (Å²) < 4.78 is 10.6. The highest BCUT2D eigenvalue weighted by molar-refractivity contribution is 7.99. The maximum Gasteiger partial charge on any atom is 0.286 e. The van der Waals surface area contributed by atoms with Crippen molar-refractivity contribution in [3.63, 3.8) is 0 Å². The lowest BCUT2D eigenvalue weighted by Gasteiger charge is -2.32. The van der Waals surface area contributed by atoms with Crippen LogP contribution in [0.2, 0.25) is 0 Å². The fraction of sp³-hybridized carbons (Fsp3) is 0.560. The monoisotopic (exact) mass is 506 g/mol. The number of carbonyl (C=O) groups excluding carboxylic acids is 3. The zero-order chi connectivity index (χ0) is 24.5. The number of nitrogens with zero attached hydrogens (tertiary/aromatic N) is 2. The molecule has 1 aliphatic carbocycles. The highest BCUT2D eigenvalue weighted by Gasteiger charge is 2.35. The Kier molecular flexibility index (Phi) is 11.4. The predicted molar refractivity (Wildman–Crippen MR) is 137 cm³/mol. The van der Waals surface area contributed by atoms with Crippen LogP contribution in [-0.4, -0.2) is 58.8 Å². The number of methoxy groups -OCH3 is 1. The second kappa shape index (κ2) is 14.0. The highest BCUT2D eigenvalue weighted by atomic mass is 32.2. The molecule has 35 heavy (non-hydrogen) atoms. The van der Waals surface area contributed by atoms with E-state index in [0.717, 1.165) is 12.8 Å². The minimum atomic E-state index is -0.864. The highest BCUT2D eigenvalue weighted by Crippen LogP contribution is 2.26. The first-order valence-corrected chi connectivity index (χ1v) is 12.5. The lowest BCUT2D eigenvalue weighted by molar-refractivity contribution is -0.127. The van der Waals surface area contributed by atoms with Gasteiger partial charge in [0.2, 0.25) is 11.7 Å². The normalized spacial score (nSPS) is 18.4. The number of amides is 2. The molecule has 1 aromatic carbocycles. The van der Waals surface area contributed by atoms with Gasteiger partial charge in [-0.2, -0.15) is 0 Å². The van der Waals surface area contributed by atoms with Crippen molar-refractivity contribution in [3.8, 4) is 0 Å². The number of hydrogen-bond donors (Lipinski definition) is 2. The number of hydrogen-bond acceptors (Lipinski definition) is 8. The van der Waals surface area contributed by atoms with Gasteiger partial charge in [-0.1, -0.05) is 64.1 Å². The minimum Gasteiger partial charge on any atom is -0.408 e. The van der Waals surface area contributed by atoms with Crippen LogP contribution in [0.25, 0.3) is 0 Å². The number of Topliss-reactive ketones (excluding diaryl/α,β-unsaturated/α-hetero) is 1.